The molecule has 2 aromatic carbocycles. The van der Waals surface area contributed by atoms with E-state index in [0.717, 1.165) is 4.90 Å². The topological polar surface area (TPSA) is 79.1 Å². The summed E-state index contributed by atoms with van der Waals surface area (Å²) in [7, 11) is -4.26. The summed E-state index contributed by atoms with van der Waals surface area (Å²) in [6.07, 6.45) is 0. The molecule has 0 aliphatic rings. The molecule has 104 valence electrons. The third-order valence-corrected chi connectivity index (χ3v) is 3.87. The van der Waals surface area contributed by atoms with Crippen LogP contribution in [-0.4, -0.2) is 13.0 Å². The zero-order valence-electron chi connectivity index (χ0n) is 10.6. The Balaban J connectivity index is 2.33. The molecule has 0 aliphatic heterocycles. The number of hydrogen-bond acceptors (Lipinski definition) is 5. The maximum atomic E-state index is 11.2. The van der Waals surface area contributed by atoms with E-state index >= 15 is 0 Å². The first kappa shape index (κ1) is 14.7. The highest BCUT2D eigenvalue weighted by Crippen LogP contribution is 2.24. The standard InChI is InChI=1S/C13H12N2O3S2/c1-9-2-3-11(8-13(9)20(16,17)18)15-14-10-4-6-12(19)7-5-10/h2-8,19H,1H3,(H,16,17,18). The van der Waals surface area contributed by atoms with Crippen molar-refractivity contribution >= 4 is 34.1 Å². The lowest BCUT2D eigenvalue weighted by Crippen LogP contribution is -2.00. The van der Waals surface area contributed by atoms with Crippen LogP contribution in [0.1, 0.15) is 5.56 Å². The Kier molecular flexibility index (Phi) is 4.22. The lowest BCUT2D eigenvalue weighted by Gasteiger charge is -2.02. The van der Waals surface area contributed by atoms with E-state index in [-0.39, 0.29) is 4.90 Å². The molecule has 0 heterocycles. The minimum absolute atomic E-state index is 0.167. The first-order valence-corrected chi connectivity index (χ1v) is 7.54. The molecule has 20 heavy (non-hydrogen) atoms. The highest BCUT2D eigenvalue weighted by Gasteiger charge is 2.13. The molecule has 0 atom stereocenters. The van der Waals surface area contributed by atoms with Crippen molar-refractivity contribution < 1.29 is 13.0 Å². The number of hydrogen-bond donors (Lipinski definition) is 2. The van der Waals surface area contributed by atoms with E-state index in [9.17, 15) is 8.42 Å². The lowest BCUT2D eigenvalue weighted by atomic mass is 10.2. The van der Waals surface area contributed by atoms with Crippen LogP contribution in [0.15, 0.2) is 62.5 Å². The van der Waals surface area contributed by atoms with Crippen molar-refractivity contribution in [2.45, 2.75) is 16.7 Å². The van der Waals surface area contributed by atoms with Crippen molar-refractivity contribution in [3.05, 3.63) is 48.0 Å². The van der Waals surface area contributed by atoms with E-state index in [0.29, 0.717) is 16.9 Å². The van der Waals surface area contributed by atoms with Gasteiger partial charge in [-0.2, -0.15) is 18.6 Å². The molecule has 0 amide bonds. The van der Waals surface area contributed by atoms with Crippen molar-refractivity contribution in [2.75, 3.05) is 0 Å². The quantitative estimate of drug-likeness (QED) is 0.512. The fourth-order valence-corrected chi connectivity index (χ4v) is 2.46. The molecule has 7 heteroatoms. The van der Waals surface area contributed by atoms with Gasteiger partial charge in [0.15, 0.2) is 0 Å². The SMILES string of the molecule is Cc1ccc(N=Nc2ccc(S)cc2)cc1S(=O)(=O)O. The third-order valence-electron chi connectivity index (χ3n) is 2.58. The van der Waals surface area contributed by atoms with Crippen molar-refractivity contribution in [1.82, 2.24) is 0 Å². The maximum absolute atomic E-state index is 11.2. The van der Waals surface area contributed by atoms with Crippen LogP contribution < -0.4 is 0 Å². The molecule has 0 aromatic heterocycles. The van der Waals surface area contributed by atoms with E-state index in [4.69, 9.17) is 4.55 Å². The summed E-state index contributed by atoms with van der Waals surface area (Å²) in [6, 6.07) is 11.5. The predicted molar refractivity (Wildman–Crippen MR) is 78.9 cm³/mol. The Bertz CT molecular complexity index is 754. The number of aryl methyl sites for hydroxylation is 1. The number of rotatable bonds is 3. The summed E-state index contributed by atoms with van der Waals surface area (Å²) in [5.41, 5.74) is 1.42. The predicted octanol–water partition coefficient (Wildman–Crippen LogP) is 3.95. The molecule has 0 unspecified atom stereocenters. The second-order valence-electron chi connectivity index (χ2n) is 4.14. The van der Waals surface area contributed by atoms with Crippen molar-refractivity contribution in [3.63, 3.8) is 0 Å². The molecule has 0 saturated heterocycles. The highest BCUT2D eigenvalue weighted by atomic mass is 32.2. The van der Waals surface area contributed by atoms with Crippen LogP contribution in [0, 0.1) is 6.92 Å². The van der Waals surface area contributed by atoms with Crippen LogP contribution in [0.2, 0.25) is 0 Å². The first-order chi connectivity index (χ1) is 9.36. The Morgan fingerprint density at radius 3 is 2.15 bits per heavy atom. The number of benzene rings is 2. The van der Waals surface area contributed by atoms with Gasteiger partial charge in [0.1, 0.15) is 0 Å². The summed E-state index contributed by atoms with van der Waals surface area (Å²) in [5, 5.41) is 7.93. The molecule has 2 rings (SSSR count). The van der Waals surface area contributed by atoms with Gasteiger partial charge in [-0.1, -0.05) is 6.07 Å². The van der Waals surface area contributed by atoms with Crippen molar-refractivity contribution in [2.24, 2.45) is 10.2 Å². The number of azo groups is 1. The van der Waals surface area contributed by atoms with E-state index in [1.54, 1.807) is 43.3 Å². The zero-order chi connectivity index (χ0) is 14.8. The Morgan fingerprint density at radius 2 is 1.55 bits per heavy atom. The largest absolute Gasteiger partial charge is 0.294 e. The van der Waals surface area contributed by atoms with Crippen LogP contribution in [0.25, 0.3) is 0 Å². The smallest absolute Gasteiger partial charge is 0.282 e. The van der Waals surface area contributed by atoms with Gasteiger partial charge in [-0.05, 0) is 48.9 Å². The monoisotopic (exact) mass is 308 g/mol. The van der Waals surface area contributed by atoms with Gasteiger partial charge in [0.25, 0.3) is 10.1 Å². The molecular weight excluding hydrogens is 296 g/mol. The normalized spacial score (nSPS) is 11.9. The molecular formula is C13H12N2O3S2. The van der Waals surface area contributed by atoms with Gasteiger partial charge in [0, 0.05) is 4.90 Å². The fraction of sp³-hybridized carbons (Fsp3) is 0.0769. The lowest BCUT2D eigenvalue weighted by molar-refractivity contribution is 0.482. The minimum atomic E-state index is -4.26. The average Bonchev–Trinajstić information content (AvgIpc) is 2.38. The zero-order valence-corrected chi connectivity index (χ0v) is 12.3. The Morgan fingerprint density at radius 1 is 1.00 bits per heavy atom. The molecule has 5 nitrogen and oxygen atoms in total. The van der Waals surface area contributed by atoms with Crippen molar-refractivity contribution in [3.8, 4) is 0 Å². The molecule has 0 bridgehead atoms. The maximum Gasteiger partial charge on any atom is 0.294 e. The van der Waals surface area contributed by atoms with Crippen molar-refractivity contribution in [1.29, 1.82) is 0 Å². The number of nitrogens with zero attached hydrogens (tertiary/aromatic N) is 2. The molecule has 0 aliphatic carbocycles. The Hall–Kier alpha value is -1.70. The summed E-state index contributed by atoms with van der Waals surface area (Å²) < 4.78 is 31.5. The molecule has 0 spiro atoms. The summed E-state index contributed by atoms with van der Waals surface area (Å²) in [6.45, 7) is 1.59. The van der Waals surface area contributed by atoms with Crippen LogP contribution in [0.3, 0.4) is 0 Å². The van der Waals surface area contributed by atoms with E-state index in [2.05, 4.69) is 22.9 Å². The first-order valence-electron chi connectivity index (χ1n) is 5.65. The summed E-state index contributed by atoms with van der Waals surface area (Å²) in [4.78, 5) is 0.646. The van der Waals surface area contributed by atoms with E-state index < -0.39 is 10.1 Å². The average molecular weight is 308 g/mol. The van der Waals surface area contributed by atoms with Gasteiger partial charge in [-0.25, -0.2) is 0 Å². The van der Waals surface area contributed by atoms with Gasteiger partial charge < -0.3 is 0 Å². The second-order valence-corrected chi connectivity index (χ2v) is 6.05. The van der Waals surface area contributed by atoms with Gasteiger partial charge in [0.05, 0.1) is 16.3 Å². The minimum Gasteiger partial charge on any atom is -0.282 e. The van der Waals surface area contributed by atoms with Crippen LogP contribution in [0.5, 0.6) is 0 Å². The second kappa shape index (κ2) is 5.74. The molecule has 0 saturated carbocycles. The van der Waals surface area contributed by atoms with Gasteiger partial charge in [-0.3, -0.25) is 4.55 Å². The van der Waals surface area contributed by atoms with E-state index in [1.165, 1.54) is 6.07 Å². The third kappa shape index (κ3) is 3.66. The van der Waals surface area contributed by atoms with Gasteiger partial charge in [0.2, 0.25) is 0 Å². The number of thiol groups is 1. The molecule has 0 radical (unpaired) electrons. The van der Waals surface area contributed by atoms with Crippen LogP contribution >= 0.6 is 12.6 Å². The highest BCUT2D eigenvalue weighted by molar-refractivity contribution is 7.85. The summed E-state index contributed by atoms with van der Waals surface area (Å²) >= 11 is 4.16. The fourth-order valence-electron chi connectivity index (χ4n) is 1.56. The molecule has 2 aromatic rings. The Labute approximate surface area is 122 Å². The van der Waals surface area contributed by atoms with E-state index in [1.807, 2.05) is 0 Å². The molecule has 1 N–H and O–H groups in total. The molecule has 0 fully saturated rings. The summed E-state index contributed by atoms with van der Waals surface area (Å²) in [5.74, 6) is 0. The van der Waals surface area contributed by atoms with Gasteiger partial charge >= 0.3 is 0 Å². The van der Waals surface area contributed by atoms with Crippen LogP contribution in [-0.2, 0) is 10.1 Å². The van der Waals surface area contributed by atoms with Gasteiger partial charge in [-0.15, -0.1) is 12.6 Å². The van der Waals surface area contributed by atoms with Crippen LogP contribution in [0.4, 0.5) is 11.4 Å².